The quantitative estimate of drug-likeness (QED) is 0.185. The van der Waals surface area contributed by atoms with E-state index in [-0.39, 0.29) is 11.9 Å². The van der Waals surface area contributed by atoms with E-state index in [4.69, 9.17) is 10.6 Å². The minimum atomic E-state index is -0.373. The Hall–Kier alpha value is -1.34. The van der Waals surface area contributed by atoms with Crippen LogP contribution in [0.15, 0.2) is 4.99 Å². The Morgan fingerprint density at radius 2 is 2.17 bits per heavy atom. The summed E-state index contributed by atoms with van der Waals surface area (Å²) in [6, 6.07) is -0.373. The number of carbonyl (C=O) groups is 1. The van der Waals surface area contributed by atoms with Crippen molar-refractivity contribution in [3.05, 3.63) is 0 Å². The first kappa shape index (κ1) is 16.7. The lowest BCUT2D eigenvalue weighted by atomic mass is 10.3. The second kappa shape index (κ2) is 9.67. The fourth-order valence-corrected chi connectivity index (χ4v) is 1.29. The minimum Gasteiger partial charge on any atom is -0.382 e. The van der Waals surface area contributed by atoms with Crippen molar-refractivity contribution in [2.45, 2.75) is 26.3 Å². The van der Waals surface area contributed by atoms with E-state index in [1.807, 2.05) is 6.92 Å². The van der Waals surface area contributed by atoms with Crippen LogP contribution in [0.5, 0.6) is 0 Å². The molecule has 0 bridgehead atoms. The largest absolute Gasteiger partial charge is 0.382 e. The van der Waals surface area contributed by atoms with Crippen molar-refractivity contribution in [3.8, 4) is 0 Å². The highest BCUT2D eigenvalue weighted by Gasteiger charge is 2.15. The van der Waals surface area contributed by atoms with Gasteiger partial charge in [0.2, 0.25) is 11.9 Å². The number of amides is 1. The molecular weight excluding hydrogens is 234 g/mol. The third kappa shape index (κ3) is 7.08. The monoisotopic (exact) mass is 259 g/mol. The molecule has 0 radical (unpaired) electrons. The Bertz CT molecular complexity index is 268. The van der Waals surface area contributed by atoms with Gasteiger partial charge >= 0.3 is 0 Å². The van der Waals surface area contributed by atoms with Crippen LogP contribution in [0.25, 0.3) is 0 Å². The van der Waals surface area contributed by atoms with Crippen LogP contribution in [0.1, 0.15) is 20.3 Å². The van der Waals surface area contributed by atoms with Crippen LogP contribution in [0.3, 0.4) is 0 Å². The molecule has 0 aromatic rings. The van der Waals surface area contributed by atoms with Crippen LogP contribution >= 0.6 is 0 Å². The van der Waals surface area contributed by atoms with E-state index in [2.05, 4.69) is 15.7 Å². The summed E-state index contributed by atoms with van der Waals surface area (Å²) in [7, 11) is 3.41. The van der Waals surface area contributed by atoms with Crippen molar-refractivity contribution in [3.63, 3.8) is 0 Å². The summed E-state index contributed by atoms with van der Waals surface area (Å²) >= 11 is 0. The maximum absolute atomic E-state index is 11.6. The number of hydrogen-bond donors (Lipinski definition) is 3. The van der Waals surface area contributed by atoms with E-state index in [0.29, 0.717) is 25.7 Å². The number of rotatable bonds is 7. The van der Waals surface area contributed by atoms with Gasteiger partial charge < -0.3 is 15.0 Å². The SMILES string of the molecule is CCOCCCN=C(NN)NC(C)C(=O)N(C)C. The highest BCUT2D eigenvalue weighted by molar-refractivity contribution is 5.88. The van der Waals surface area contributed by atoms with Crippen LogP contribution < -0.4 is 16.6 Å². The molecule has 0 aliphatic rings. The average Bonchev–Trinajstić information content (AvgIpc) is 2.35. The van der Waals surface area contributed by atoms with Gasteiger partial charge in [-0.05, 0) is 20.3 Å². The molecule has 18 heavy (non-hydrogen) atoms. The van der Waals surface area contributed by atoms with Gasteiger partial charge in [0.25, 0.3) is 0 Å². The third-order valence-corrected chi connectivity index (χ3v) is 2.22. The molecule has 0 aliphatic heterocycles. The van der Waals surface area contributed by atoms with Crippen molar-refractivity contribution < 1.29 is 9.53 Å². The molecule has 1 amide bonds. The number of hydrogen-bond acceptors (Lipinski definition) is 4. The minimum absolute atomic E-state index is 0.0349. The Kier molecular flexibility index (Phi) is 8.95. The van der Waals surface area contributed by atoms with Crippen LogP contribution in [0, 0.1) is 0 Å². The molecule has 4 N–H and O–H groups in total. The predicted molar refractivity (Wildman–Crippen MR) is 72.0 cm³/mol. The van der Waals surface area contributed by atoms with Gasteiger partial charge in [0.15, 0.2) is 0 Å². The number of nitrogens with zero attached hydrogens (tertiary/aromatic N) is 2. The van der Waals surface area contributed by atoms with Crippen molar-refractivity contribution >= 4 is 11.9 Å². The molecule has 1 unspecified atom stereocenters. The zero-order chi connectivity index (χ0) is 14.0. The Morgan fingerprint density at radius 3 is 2.67 bits per heavy atom. The fraction of sp³-hybridized carbons (Fsp3) is 0.818. The molecule has 0 saturated heterocycles. The Morgan fingerprint density at radius 1 is 1.50 bits per heavy atom. The number of nitrogens with two attached hydrogens (primary N) is 1. The first-order valence-corrected chi connectivity index (χ1v) is 6.09. The van der Waals surface area contributed by atoms with E-state index in [0.717, 1.165) is 6.42 Å². The van der Waals surface area contributed by atoms with Crippen LogP contribution in [0.2, 0.25) is 0 Å². The van der Waals surface area contributed by atoms with Crippen molar-refractivity contribution in [2.75, 3.05) is 33.9 Å². The van der Waals surface area contributed by atoms with E-state index in [9.17, 15) is 4.79 Å². The summed E-state index contributed by atoms with van der Waals surface area (Å²) in [6.07, 6.45) is 0.816. The van der Waals surface area contributed by atoms with Gasteiger partial charge in [-0.15, -0.1) is 0 Å². The number of likely N-dealkylation sites (N-methyl/N-ethyl adjacent to an activating group) is 1. The topological polar surface area (TPSA) is 92.0 Å². The first-order valence-electron chi connectivity index (χ1n) is 6.09. The Labute approximate surface area is 109 Å². The number of hydrazine groups is 1. The molecule has 0 heterocycles. The standard InChI is InChI=1S/C11H25N5O2/c1-5-18-8-6-7-13-11(15-12)14-9(2)10(17)16(3)4/h9H,5-8,12H2,1-4H3,(H2,13,14,15). The molecule has 0 aromatic carbocycles. The van der Waals surface area contributed by atoms with Gasteiger partial charge in [-0.2, -0.15) is 0 Å². The smallest absolute Gasteiger partial charge is 0.244 e. The maximum Gasteiger partial charge on any atom is 0.244 e. The molecule has 0 aliphatic carbocycles. The van der Waals surface area contributed by atoms with E-state index >= 15 is 0 Å². The van der Waals surface area contributed by atoms with E-state index < -0.39 is 0 Å². The molecule has 106 valence electrons. The lowest BCUT2D eigenvalue weighted by Crippen LogP contribution is -2.50. The summed E-state index contributed by atoms with van der Waals surface area (Å²) in [5.74, 6) is 5.72. The molecule has 1 atom stereocenters. The summed E-state index contributed by atoms with van der Waals surface area (Å²) in [5.41, 5.74) is 2.44. The summed E-state index contributed by atoms with van der Waals surface area (Å²) < 4.78 is 5.20. The van der Waals surface area contributed by atoms with Crippen molar-refractivity contribution in [1.29, 1.82) is 0 Å². The number of aliphatic imine (C=N–C) groups is 1. The van der Waals surface area contributed by atoms with Crippen LogP contribution in [-0.4, -0.2) is 56.7 Å². The maximum atomic E-state index is 11.6. The first-order chi connectivity index (χ1) is 8.52. The van der Waals surface area contributed by atoms with E-state index in [1.165, 1.54) is 4.90 Å². The van der Waals surface area contributed by atoms with Gasteiger partial charge in [0.1, 0.15) is 6.04 Å². The number of ether oxygens (including phenoxy) is 1. The third-order valence-electron chi connectivity index (χ3n) is 2.22. The van der Waals surface area contributed by atoms with Crippen LogP contribution in [0.4, 0.5) is 0 Å². The molecule has 7 heteroatoms. The number of guanidine groups is 1. The zero-order valence-electron chi connectivity index (χ0n) is 11.7. The normalized spacial score (nSPS) is 13.1. The molecule has 0 fully saturated rings. The molecule has 0 spiro atoms. The average molecular weight is 259 g/mol. The summed E-state index contributed by atoms with van der Waals surface area (Å²) in [5, 5.41) is 2.92. The zero-order valence-corrected chi connectivity index (χ0v) is 11.7. The highest BCUT2D eigenvalue weighted by atomic mass is 16.5. The summed E-state index contributed by atoms with van der Waals surface area (Å²) in [4.78, 5) is 17.4. The van der Waals surface area contributed by atoms with Crippen molar-refractivity contribution in [1.82, 2.24) is 15.6 Å². The van der Waals surface area contributed by atoms with Gasteiger partial charge in [-0.3, -0.25) is 15.2 Å². The number of carbonyl (C=O) groups excluding carboxylic acids is 1. The molecule has 0 rings (SSSR count). The van der Waals surface area contributed by atoms with E-state index in [1.54, 1.807) is 21.0 Å². The molecular formula is C11H25N5O2. The van der Waals surface area contributed by atoms with Crippen LogP contribution in [-0.2, 0) is 9.53 Å². The fourth-order valence-electron chi connectivity index (χ4n) is 1.29. The summed E-state index contributed by atoms with van der Waals surface area (Å²) in [6.45, 7) is 5.68. The molecule has 0 saturated carbocycles. The second-order valence-electron chi connectivity index (χ2n) is 4.02. The highest BCUT2D eigenvalue weighted by Crippen LogP contribution is 1.89. The lowest BCUT2D eigenvalue weighted by molar-refractivity contribution is -0.130. The van der Waals surface area contributed by atoms with Gasteiger partial charge in [0, 0.05) is 33.9 Å². The predicted octanol–water partition coefficient (Wildman–Crippen LogP) is -0.701. The van der Waals surface area contributed by atoms with Gasteiger partial charge in [0.05, 0.1) is 0 Å². The van der Waals surface area contributed by atoms with Gasteiger partial charge in [-0.1, -0.05) is 0 Å². The molecule has 0 aromatic heterocycles. The second-order valence-corrected chi connectivity index (χ2v) is 4.02. The van der Waals surface area contributed by atoms with Gasteiger partial charge in [-0.25, -0.2) is 5.84 Å². The lowest BCUT2D eigenvalue weighted by Gasteiger charge is -2.19. The number of nitrogens with one attached hydrogen (secondary N) is 2. The Balaban J connectivity index is 4.08. The van der Waals surface area contributed by atoms with Crippen molar-refractivity contribution in [2.24, 2.45) is 10.8 Å². The molecule has 7 nitrogen and oxygen atoms in total.